The molecule has 6 nitrogen and oxygen atoms in total. The molecule has 1 aromatic heterocycles. The highest BCUT2D eigenvalue weighted by Gasteiger charge is 2.32. The first-order valence-corrected chi connectivity index (χ1v) is 14.4. The Kier molecular flexibility index (Phi) is 8.20. The van der Waals surface area contributed by atoms with E-state index in [9.17, 15) is 9.90 Å². The third kappa shape index (κ3) is 6.04. The molecule has 1 amide bonds. The first-order valence-electron chi connectivity index (χ1n) is 13.5. The summed E-state index contributed by atoms with van der Waals surface area (Å²) in [5, 5.41) is 9.99. The monoisotopic (exact) mass is 519 g/mol. The minimum atomic E-state index is -0.270. The number of benzene rings is 2. The van der Waals surface area contributed by atoms with Crippen molar-refractivity contribution in [2.45, 2.75) is 70.3 Å². The maximum absolute atomic E-state index is 13.9. The van der Waals surface area contributed by atoms with Crippen LogP contribution >= 0.6 is 11.5 Å². The van der Waals surface area contributed by atoms with Crippen LogP contribution in [0, 0.1) is 18.8 Å². The molecule has 3 aromatic rings. The highest BCUT2D eigenvalue weighted by molar-refractivity contribution is 7.03. The lowest BCUT2D eigenvalue weighted by Crippen LogP contribution is -2.41. The summed E-state index contributed by atoms with van der Waals surface area (Å²) in [5.41, 5.74) is 6.19. The summed E-state index contributed by atoms with van der Waals surface area (Å²) < 4.78 is 9.83. The summed E-state index contributed by atoms with van der Waals surface area (Å²) >= 11 is 1.34. The molecule has 196 valence electrons. The molecule has 0 bridgehead atoms. The number of rotatable bonds is 7. The Morgan fingerprint density at radius 3 is 2.51 bits per heavy atom. The number of hydrogen-bond donors (Lipinski definition) is 1. The van der Waals surface area contributed by atoms with Crippen LogP contribution in [-0.2, 0) is 4.79 Å². The zero-order chi connectivity index (χ0) is 25.8. The summed E-state index contributed by atoms with van der Waals surface area (Å²) in [4.78, 5) is 20.3. The Hall–Kier alpha value is -2.77. The van der Waals surface area contributed by atoms with Gasteiger partial charge >= 0.3 is 0 Å². The number of carbonyl (C=O) groups is 1. The number of nitrogens with zero attached hydrogens (tertiary/aromatic N) is 3. The van der Waals surface area contributed by atoms with Crippen molar-refractivity contribution in [3.63, 3.8) is 0 Å². The van der Waals surface area contributed by atoms with Gasteiger partial charge in [0, 0.05) is 23.7 Å². The summed E-state index contributed by atoms with van der Waals surface area (Å²) in [5.74, 6) is 2.84. The molecule has 0 spiro atoms. The van der Waals surface area contributed by atoms with E-state index in [0.717, 1.165) is 62.1 Å². The molecule has 5 rings (SSSR count). The molecule has 7 heteroatoms. The molecule has 2 aromatic carbocycles. The van der Waals surface area contributed by atoms with E-state index in [1.807, 2.05) is 23.1 Å². The first kappa shape index (κ1) is 25.9. The van der Waals surface area contributed by atoms with Gasteiger partial charge in [0.2, 0.25) is 5.91 Å². The van der Waals surface area contributed by atoms with E-state index >= 15 is 0 Å². The van der Waals surface area contributed by atoms with Gasteiger partial charge in [-0.1, -0.05) is 24.3 Å². The fraction of sp³-hybridized carbons (Fsp3) is 0.500. The predicted octanol–water partition coefficient (Wildman–Crippen LogP) is 6.38. The van der Waals surface area contributed by atoms with Crippen LogP contribution < -0.4 is 9.64 Å². The number of aryl methyl sites for hydroxylation is 1. The van der Waals surface area contributed by atoms with E-state index in [1.165, 1.54) is 22.7 Å². The van der Waals surface area contributed by atoms with Crippen molar-refractivity contribution in [2.75, 3.05) is 18.6 Å². The average Bonchev–Trinajstić information content (AvgIpc) is 3.47. The Labute approximate surface area is 223 Å². The highest BCUT2D eigenvalue weighted by atomic mass is 32.1. The van der Waals surface area contributed by atoms with E-state index in [4.69, 9.17) is 4.74 Å². The normalized spacial score (nSPS) is 24.0. The van der Waals surface area contributed by atoms with Crippen molar-refractivity contribution in [1.82, 2.24) is 9.36 Å². The third-order valence-corrected chi connectivity index (χ3v) is 8.75. The lowest BCUT2D eigenvalue weighted by atomic mass is 9.78. The van der Waals surface area contributed by atoms with Crippen molar-refractivity contribution < 1.29 is 14.6 Å². The topological polar surface area (TPSA) is 75.5 Å². The fourth-order valence-electron chi connectivity index (χ4n) is 6.07. The molecule has 0 unspecified atom stereocenters. The zero-order valence-corrected chi connectivity index (χ0v) is 22.6. The van der Waals surface area contributed by atoms with Gasteiger partial charge in [-0.2, -0.15) is 4.37 Å². The maximum atomic E-state index is 13.9. The zero-order valence-electron chi connectivity index (χ0n) is 21.8. The molecule has 0 atom stereocenters. The SMILES string of the molecule is COc1ccc([C@H]2CC[C@H](CN(c3cccc(-c4ncsn4)c3)C(=O)[C@H]3CC[C@H](O)CC3)CC2)cc1C. The summed E-state index contributed by atoms with van der Waals surface area (Å²) in [6.07, 6.45) is 7.15. The number of hydrogen-bond acceptors (Lipinski definition) is 6. The number of carbonyl (C=O) groups excluding carboxylic acids is 1. The van der Waals surface area contributed by atoms with Crippen LogP contribution in [0.3, 0.4) is 0 Å². The molecule has 1 N–H and O–H groups in total. The van der Waals surface area contributed by atoms with Crippen molar-refractivity contribution in [1.29, 1.82) is 0 Å². The standard InChI is InChI=1S/C30H37N3O3S/c1-20-16-24(12-15-28(20)36-2)22-8-6-21(7-9-22)18-33(30(35)23-10-13-27(34)14-11-23)26-5-3-4-25(17-26)29-31-19-37-32-29/h3-5,12,15-17,19,21-23,27,34H,6-11,13-14,18H2,1-2H3/t21-,22-,23-,27-. The van der Waals surface area contributed by atoms with E-state index in [2.05, 4.69) is 40.5 Å². The van der Waals surface area contributed by atoms with Crippen LogP contribution in [0.15, 0.2) is 48.0 Å². The van der Waals surface area contributed by atoms with Gasteiger partial charge in [0.05, 0.1) is 13.2 Å². The first-order chi connectivity index (χ1) is 18.0. The van der Waals surface area contributed by atoms with Crippen molar-refractivity contribution in [2.24, 2.45) is 11.8 Å². The lowest BCUT2D eigenvalue weighted by Gasteiger charge is -2.36. The number of amides is 1. The van der Waals surface area contributed by atoms with Crippen LogP contribution in [0.2, 0.25) is 0 Å². The van der Waals surface area contributed by atoms with E-state index in [-0.39, 0.29) is 17.9 Å². The molecule has 2 fully saturated rings. The highest BCUT2D eigenvalue weighted by Crippen LogP contribution is 2.39. The van der Waals surface area contributed by atoms with Gasteiger partial charge in [-0.15, -0.1) is 0 Å². The summed E-state index contributed by atoms with van der Waals surface area (Å²) in [6.45, 7) is 2.84. The van der Waals surface area contributed by atoms with Crippen molar-refractivity contribution >= 4 is 23.1 Å². The van der Waals surface area contributed by atoms with Crippen LogP contribution in [-0.4, -0.2) is 40.1 Å². The molecule has 2 aliphatic carbocycles. The molecule has 37 heavy (non-hydrogen) atoms. The quantitative estimate of drug-likeness (QED) is 0.392. The van der Waals surface area contributed by atoms with E-state index in [1.54, 1.807) is 12.6 Å². The Morgan fingerprint density at radius 1 is 1.05 bits per heavy atom. The van der Waals surface area contributed by atoms with Crippen molar-refractivity contribution in [3.05, 3.63) is 59.1 Å². The van der Waals surface area contributed by atoms with Crippen LogP contribution in [0.4, 0.5) is 5.69 Å². The van der Waals surface area contributed by atoms with Gasteiger partial charge < -0.3 is 14.7 Å². The van der Waals surface area contributed by atoms with Gasteiger partial charge in [-0.25, -0.2) is 4.98 Å². The largest absolute Gasteiger partial charge is 0.496 e. The molecule has 2 aliphatic rings. The van der Waals surface area contributed by atoms with Gasteiger partial charge in [0.15, 0.2) is 5.82 Å². The minimum absolute atomic E-state index is 0.0249. The Bertz CT molecular complexity index is 1180. The second kappa shape index (κ2) is 11.7. The smallest absolute Gasteiger partial charge is 0.230 e. The second-order valence-corrected chi connectivity index (χ2v) is 11.3. The maximum Gasteiger partial charge on any atom is 0.230 e. The average molecular weight is 520 g/mol. The number of anilines is 1. The van der Waals surface area contributed by atoms with Crippen molar-refractivity contribution in [3.8, 4) is 17.1 Å². The molecule has 1 heterocycles. The molecule has 0 radical (unpaired) electrons. The summed E-state index contributed by atoms with van der Waals surface area (Å²) in [6, 6.07) is 14.7. The van der Waals surface area contributed by atoms with E-state index in [0.29, 0.717) is 30.5 Å². The predicted molar refractivity (Wildman–Crippen MR) is 148 cm³/mol. The molecule has 2 saturated carbocycles. The number of ether oxygens (including phenoxy) is 1. The van der Waals surface area contributed by atoms with Crippen LogP contribution in [0.5, 0.6) is 5.75 Å². The number of aromatic nitrogens is 2. The van der Waals surface area contributed by atoms with Crippen LogP contribution in [0.1, 0.15) is 68.4 Å². The van der Waals surface area contributed by atoms with E-state index < -0.39 is 0 Å². The minimum Gasteiger partial charge on any atom is -0.496 e. The lowest BCUT2D eigenvalue weighted by molar-refractivity contribution is -0.124. The second-order valence-electron chi connectivity index (χ2n) is 10.7. The fourth-order valence-corrected chi connectivity index (χ4v) is 6.52. The van der Waals surface area contributed by atoms with Gasteiger partial charge in [-0.05, 0) is 111 Å². The molecule has 0 aliphatic heterocycles. The molecule has 0 saturated heterocycles. The molecular weight excluding hydrogens is 482 g/mol. The Morgan fingerprint density at radius 2 is 1.84 bits per heavy atom. The van der Waals surface area contributed by atoms with Gasteiger partial charge in [-0.3, -0.25) is 4.79 Å². The molecular formula is C30H37N3O3S. The summed E-state index contributed by atoms with van der Waals surface area (Å²) in [7, 11) is 1.72. The number of aliphatic hydroxyl groups excluding tert-OH is 1. The van der Waals surface area contributed by atoms with Gasteiger partial charge in [0.1, 0.15) is 11.3 Å². The Balaban J connectivity index is 1.31. The van der Waals surface area contributed by atoms with Gasteiger partial charge in [0.25, 0.3) is 0 Å². The third-order valence-electron chi connectivity index (χ3n) is 8.27. The number of aliphatic hydroxyl groups is 1. The number of methoxy groups -OCH3 is 1. The van der Waals surface area contributed by atoms with Crippen LogP contribution in [0.25, 0.3) is 11.4 Å².